The van der Waals surface area contributed by atoms with Crippen molar-refractivity contribution < 1.29 is 0 Å². The molecule has 3 heteroatoms. The van der Waals surface area contributed by atoms with Crippen molar-refractivity contribution in [2.45, 2.75) is 50.4 Å². The molecular formula is C13H22N2S. The van der Waals surface area contributed by atoms with E-state index in [1.165, 1.54) is 0 Å². The Bertz CT molecular complexity index is 305. The van der Waals surface area contributed by atoms with Crippen LogP contribution in [0.15, 0.2) is 29.4 Å². The molecule has 0 spiro atoms. The molecule has 1 aromatic rings. The number of rotatable bonds is 4. The maximum absolute atomic E-state index is 6.20. The van der Waals surface area contributed by atoms with Crippen molar-refractivity contribution in [1.29, 1.82) is 0 Å². The van der Waals surface area contributed by atoms with Crippen LogP contribution in [0.1, 0.15) is 34.1 Å². The van der Waals surface area contributed by atoms with E-state index < -0.39 is 0 Å². The summed E-state index contributed by atoms with van der Waals surface area (Å²) in [6.07, 6.45) is 2.83. The minimum atomic E-state index is 0.192. The Morgan fingerprint density at radius 1 is 1.38 bits per heavy atom. The fourth-order valence-electron chi connectivity index (χ4n) is 1.67. The van der Waals surface area contributed by atoms with Crippen molar-refractivity contribution in [3.05, 3.63) is 24.4 Å². The Hall–Kier alpha value is -0.540. The normalized spacial score (nSPS) is 15.8. The van der Waals surface area contributed by atoms with E-state index in [2.05, 4.69) is 32.7 Å². The van der Waals surface area contributed by atoms with Gasteiger partial charge in [0.2, 0.25) is 0 Å². The third-order valence-electron chi connectivity index (χ3n) is 2.60. The summed E-state index contributed by atoms with van der Waals surface area (Å²) in [4.78, 5) is 4.36. The maximum Gasteiger partial charge on any atom is 0.0963 e. The molecule has 0 aromatic carbocycles. The lowest BCUT2D eigenvalue weighted by Gasteiger charge is -2.34. The third-order valence-corrected chi connectivity index (χ3v) is 4.39. The highest BCUT2D eigenvalue weighted by atomic mass is 32.2. The second-order valence-corrected chi connectivity index (χ2v) is 6.31. The molecule has 1 aromatic heterocycles. The van der Waals surface area contributed by atoms with Crippen LogP contribution in [-0.4, -0.2) is 16.3 Å². The minimum Gasteiger partial charge on any atom is -0.327 e. The smallest absolute Gasteiger partial charge is 0.0963 e. The van der Waals surface area contributed by atoms with Crippen LogP contribution in [0, 0.1) is 5.41 Å². The highest BCUT2D eigenvalue weighted by Crippen LogP contribution is 2.36. The van der Waals surface area contributed by atoms with E-state index in [-0.39, 0.29) is 11.5 Å². The van der Waals surface area contributed by atoms with Gasteiger partial charge in [-0.3, -0.25) is 0 Å². The summed E-state index contributed by atoms with van der Waals surface area (Å²) in [5.41, 5.74) is 6.39. The SMILES string of the molecule is CCC(N)C(Sc1ccccn1)C(C)(C)C. The number of aromatic nitrogens is 1. The van der Waals surface area contributed by atoms with Gasteiger partial charge >= 0.3 is 0 Å². The Morgan fingerprint density at radius 3 is 2.50 bits per heavy atom. The molecule has 2 unspecified atom stereocenters. The van der Waals surface area contributed by atoms with Gasteiger partial charge in [0, 0.05) is 17.5 Å². The average Bonchev–Trinajstić information content (AvgIpc) is 2.25. The number of hydrogen-bond donors (Lipinski definition) is 1. The zero-order chi connectivity index (χ0) is 12.2. The molecule has 2 atom stereocenters. The molecule has 0 aliphatic carbocycles. The second-order valence-electron chi connectivity index (χ2n) is 5.14. The Kier molecular flexibility index (Phi) is 4.81. The van der Waals surface area contributed by atoms with E-state index in [1.807, 2.05) is 24.4 Å². The van der Waals surface area contributed by atoms with Crippen LogP contribution in [0.25, 0.3) is 0 Å². The van der Waals surface area contributed by atoms with E-state index >= 15 is 0 Å². The molecule has 0 amide bonds. The zero-order valence-electron chi connectivity index (χ0n) is 10.6. The quantitative estimate of drug-likeness (QED) is 0.818. The van der Waals surface area contributed by atoms with Crippen LogP contribution in [0.3, 0.4) is 0 Å². The fraction of sp³-hybridized carbons (Fsp3) is 0.615. The van der Waals surface area contributed by atoms with Crippen molar-refractivity contribution in [3.63, 3.8) is 0 Å². The molecule has 0 radical (unpaired) electrons. The van der Waals surface area contributed by atoms with Crippen LogP contribution >= 0.6 is 11.8 Å². The number of hydrogen-bond acceptors (Lipinski definition) is 3. The summed E-state index contributed by atoms with van der Waals surface area (Å²) >= 11 is 1.79. The lowest BCUT2D eigenvalue weighted by molar-refractivity contribution is 0.350. The van der Waals surface area contributed by atoms with Gasteiger partial charge in [-0.1, -0.05) is 33.8 Å². The molecule has 1 rings (SSSR count). The summed E-state index contributed by atoms with van der Waals surface area (Å²) in [6.45, 7) is 8.86. The highest BCUT2D eigenvalue weighted by Gasteiger charge is 2.30. The van der Waals surface area contributed by atoms with Gasteiger partial charge in [-0.25, -0.2) is 4.98 Å². The van der Waals surface area contributed by atoms with Gasteiger partial charge in [-0.15, -0.1) is 11.8 Å². The molecule has 0 fully saturated rings. The van der Waals surface area contributed by atoms with Crippen molar-refractivity contribution >= 4 is 11.8 Å². The summed E-state index contributed by atoms with van der Waals surface area (Å²) < 4.78 is 0. The van der Waals surface area contributed by atoms with Gasteiger partial charge in [0.1, 0.15) is 0 Å². The summed E-state index contributed by atoms with van der Waals surface area (Å²) in [5, 5.41) is 1.46. The fourth-order valence-corrected chi connectivity index (χ4v) is 2.93. The van der Waals surface area contributed by atoms with Gasteiger partial charge in [0.15, 0.2) is 0 Å². The molecule has 2 nitrogen and oxygen atoms in total. The standard InChI is InChI=1S/C13H22N2S/c1-5-10(14)12(13(2,3)4)16-11-8-6-7-9-15-11/h6-10,12H,5,14H2,1-4H3. The molecular weight excluding hydrogens is 216 g/mol. The summed E-state index contributed by atoms with van der Waals surface area (Å²) in [7, 11) is 0. The lowest BCUT2D eigenvalue weighted by Crippen LogP contribution is -2.40. The van der Waals surface area contributed by atoms with Gasteiger partial charge in [0.05, 0.1) is 5.03 Å². The summed E-state index contributed by atoms with van der Waals surface area (Å²) in [5.74, 6) is 0. The maximum atomic E-state index is 6.20. The largest absolute Gasteiger partial charge is 0.327 e. The van der Waals surface area contributed by atoms with Crippen LogP contribution < -0.4 is 5.73 Å². The molecule has 16 heavy (non-hydrogen) atoms. The molecule has 2 N–H and O–H groups in total. The monoisotopic (exact) mass is 238 g/mol. The number of nitrogens with zero attached hydrogens (tertiary/aromatic N) is 1. The number of nitrogens with two attached hydrogens (primary N) is 1. The molecule has 0 bridgehead atoms. The van der Waals surface area contributed by atoms with Gasteiger partial charge < -0.3 is 5.73 Å². The van der Waals surface area contributed by atoms with Crippen LogP contribution in [0.4, 0.5) is 0 Å². The molecule has 0 aliphatic heterocycles. The topological polar surface area (TPSA) is 38.9 Å². The van der Waals surface area contributed by atoms with E-state index in [4.69, 9.17) is 5.73 Å². The first-order valence-corrected chi connectivity index (χ1v) is 6.66. The average molecular weight is 238 g/mol. The van der Waals surface area contributed by atoms with E-state index in [0.29, 0.717) is 5.25 Å². The number of pyridine rings is 1. The molecule has 0 saturated heterocycles. The van der Waals surface area contributed by atoms with Gasteiger partial charge in [-0.2, -0.15) is 0 Å². The van der Waals surface area contributed by atoms with E-state index in [1.54, 1.807) is 11.8 Å². The van der Waals surface area contributed by atoms with Crippen LogP contribution in [0.2, 0.25) is 0 Å². The van der Waals surface area contributed by atoms with Crippen LogP contribution in [0.5, 0.6) is 0 Å². The van der Waals surface area contributed by atoms with Crippen molar-refractivity contribution in [1.82, 2.24) is 4.98 Å². The first-order chi connectivity index (χ1) is 7.45. The molecule has 1 heterocycles. The molecule has 0 aliphatic rings. The number of thioether (sulfide) groups is 1. The van der Waals surface area contributed by atoms with Crippen molar-refractivity contribution in [2.24, 2.45) is 11.1 Å². The van der Waals surface area contributed by atoms with Crippen LogP contribution in [-0.2, 0) is 0 Å². The predicted molar refractivity (Wildman–Crippen MR) is 71.6 cm³/mol. The third kappa shape index (κ3) is 3.80. The Morgan fingerprint density at radius 2 is 2.06 bits per heavy atom. The first-order valence-electron chi connectivity index (χ1n) is 5.78. The summed E-state index contributed by atoms with van der Waals surface area (Å²) in [6, 6.07) is 6.22. The second kappa shape index (κ2) is 5.69. The van der Waals surface area contributed by atoms with E-state index in [9.17, 15) is 0 Å². The molecule has 90 valence electrons. The van der Waals surface area contributed by atoms with Gasteiger partial charge in [-0.05, 0) is 24.0 Å². The van der Waals surface area contributed by atoms with Crippen molar-refractivity contribution in [3.8, 4) is 0 Å². The lowest BCUT2D eigenvalue weighted by atomic mass is 9.87. The highest BCUT2D eigenvalue weighted by molar-refractivity contribution is 8.00. The predicted octanol–water partition coefficient (Wildman–Crippen LogP) is 3.33. The Balaban J connectivity index is 2.80. The zero-order valence-corrected chi connectivity index (χ0v) is 11.4. The first kappa shape index (κ1) is 13.5. The van der Waals surface area contributed by atoms with Gasteiger partial charge in [0.25, 0.3) is 0 Å². The molecule has 0 saturated carbocycles. The Labute approximate surface area is 103 Å². The van der Waals surface area contributed by atoms with E-state index in [0.717, 1.165) is 11.4 Å². The minimum absolute atomic E-state index is 0.192. The van der Waals surface area contributed by atoms with Crippen molar-refractivity contribution in [2.75, 3.05) is 0 Å².